The van der Waals surface area contributed by atoms with Crippen molar-refractivity contribution in [2.45, 2.75) is 6.42 Å². The Morgan fingerprint density at radius 1 is 1.07 bits per heavy atom. The number of carbonyl (C=O) groups excluding carboxylic acids is 2. The first kappa shape index (κ1) is 20.6. The highest BCUT2D eigenvalue weighted by Crippen LogP contribution is 2.33. The van der Waals surface area contributed by atoms with Crippen LogP contribution in [0.15, 0.2) is 40.9 Å². The van der Waals surface area contributed by atoms with E-state index in [1.54, 1.807) is 38.5 Å². The molecule has 2 rings (SSSR count). The van der Waals surface area contributed by atoms with Gasteiger partial charge in [0, 0.05) is 16.6 Å². The van der Waals surface area contributed by atoms with Gasteiger partial charge in [0.15, 0.2) is 18.1 Å². The second-order valence-corrected chi connectivity index (χ2v) is 6.44. The molecule has 144 valence electrons. The zero-order chi connectivity index (χ0) is 19.8. The van der Waals surface area contributed by atoms with E-state index >= 15 is 0 Å². The molecule has 0 aliphatic heterocycles. The molecule has 0 aromatic heterocycles. The normalized spacial score (nSPS) is 10.2. The van der Waals surface area contributed by atoms with Gasteiger partial charge in [-0.15, -0.1) is 0 Å². The van der Waals surface area contributed by atoms with Crippen LogP contribution in [0.2, 0.25) is 0 Å². The average Bonchev–Trinajstić information content (AvgIpc) is 2.67. The second kappa shape index (κ2) is 9.82. The Labute approximate surface area is 165 Å². The molecule has 0 aliphatic rings. The Bertz CT molecular complexity index is 808. The Hall–Kier alpha value is -2.74. The maximum Gasteiger partial charge on any atom is 0.255 e. The SMILES string of the molecule is COc1cc(Br)c(CCNC(=O)c2ccc(OCC(N)=O)cc2)cc1OC. The van der Waals surface area contributed by atoms with Crippen molar-refractivity contribution in [2.24, 2.45) is 5.73 Å². The number of hydrogen-bond donors (Lipinski definition) is 2. The number of rotatable bonds is 9. The molecule has 0 atom stereocenters. The van der Waals surface area contributed by atoms with Crippen molar-refractivity contribution in [3.05, 3.63) is 52.0 Å². The van der Waals surface area contributed by atoms with E-state index in [1.165, 1.54) is 0 Å². The molecule has 0 radical (unpaired) electrons. The summed E-state index contributed by atoms with van der Waals surface area (Å²) in [6, 6.07) is 10.2. The molecular formula is C19H21BrN2O5. The highest BCUT2D eigenvalue weighted by atomic mass is 79.9. The standard InChI is InChI=1S/C19H21BrN2O5/c1-25-16-9-13(15(20)10-17(16)26-2)7-8-22-19(24)12-3-5-14(6-4-12)27-11-18(21)23/h3-6,9-10H,7-8,11H2,1-2H3,(H2,21,23)(H,22,24). The molecule has 0 unspecified atom stereocenters. The number of benzene rings is 2. The zero-order valence-corrected chi connectivity index (χ0v) is 16.7. The lowest BCUT2D eigenvalue weighted by Gasteiger charge is -2.12. The number of carbonyl (C=O) groups is 2. The van der Waals surface area contributed by atoms with E-state index in [0.29, 0.717) is 35.8 Å². The third-order valence-corrected chi connectivity index (χ3v) is 4.47. The van der Waals surface area contributed by atoms with E-state index in [4.69, 9.17) is 19.9 Å². The molecule has 0 bridgehead atoms. The Morgan fingerprint density at radius 2 is 1.70 bits per heavy atom. The van der Waals surface area contributed by atoms with Crippen molar-refractivity contribution in [1.82, 2.24) is 5.32 Å². The second-order valence-electron chi connectivity index (χ2n) is 5.58. The van der Waals surface area contributed by atoms with Crippen LogP contribution in [-0.4, -0.2) is 39.2 Å². The molecule has 7 nitrogen and oxygen atoms in total. The van der Waals surface area contributed by atoms with Crippen molar-refractivity contribution in [3.8, 4) is 17.2 Å². The van der Waals surface area contributed by atoms with Crippen molar-refractivity contribution in [2.75, 3.05) is 27.4 Å². The number of nitrogens with two attached hydrogens (primary N) is 1. The van der Waals surface area contributed by atoms with Gasteiger partial charge < -0.3 is 25.3 Å². The third kappa shape index (κ3) is 5.89. The van der Waals surface area contributed by atoms with Gasteiger partial charge >= 0.3 is 0 Å². The van der Waals surface area contributed by atoms with Crippen LogP contribution in [0.3, 0.4) is 0 Å². The van der Waals surface area contributed by atoms with Crippen molar-refractivity contribution >= 4 is 27.7 Å². The highest BCUT2D eigenvalue weighted by Gasteiger charge is 2.11. The van der Waals surface area contributed by atoms with Crippen molar-refractivity contribution < 1.29 is 23.8 Å². The van der Waals surface area contributed by atoms with Crippen LogP contribution in [0.5, 0.6) is 17.2 Å². The molecule has 2 aromatic carbocycles. The average molecular weight is 437 g/mol. The fourth-order valence-corrected chi connectivity index (χ4v) is 2.88. The predicted molar refractivity (Wildman–Crippen MR) is 104 cm³/mol. The van der Waals surface area contributed by atoms with E-state index in [0.717, 1.165) is 10.0 Å². The molecule has 0 saturated heterocycles. The van der Waals surface area contributed by atoms with E-state index in [-0.39, 0.29) is 12.5 Å². The molecule has 0 heterocycles. The lowest BCUT2D eigenvalue weighted by Crippen LogP contribution is -2.25. The Morgan fingerprint density at radius 3 is 2.30 bits per heavy atom. The van der Waals surface area contributed by atoms with Crippen LogP contribution in [-0.2, 0) is 11.2 Å². The first-order chi connectivity index (χ1) is 12.9. The monoisotopic (exact) mass is 436 g/mol. The first-order valence-corrected chi connectivity index (χ1v) is 8.93. The fourth-order valence-electron chi connectivity index (χ4n) is 2.36. The minimum atomic E-state index is -0.557. The van der Waals surface area contributed by atoms with Gasteiger partial charge in [-0.3, -0.25) is 9.59 Å². The Balaban J connectivity index is 1.91. The molecule has 0 spiro atoms. The number of hydrogen-bond acceptors (Lipinski definition) is 5. The van der Waals surface area contributed by atoms with Crippen molar-refractivity contribution in [1.29, 1.82) is 0 Å². The van der Waals surface area contributed by atoms with Crippen LogP contribution in [0, 0.1) is 0 Å². The summed E-state index contributed by atoms with van der Waals surface area (Å²) in [5.74, 6) is 0.982. The summed E-state index contributed by atoms with van der Waals surface area (Å²) >= 11 is 3.50. The van der Waals surface area contributed by atoms with Gasteiger partial charge in [0.05, 0.1) is 14.2 Å². The summed E-state index contributed by atoms with van der Waals surface area (Å²) in [5, 5.41) is 2.86. The van der Waals surface area contributed by atoms with Gasteiger partial charge in [-0.2, -0.15) is 0 Å². The molecule has 3 N–H and O–H groups in total. The molecule has 2 aromatic rings. The maximum absolute atomic E-state index is 12.2. The minimum Gasteiger partial charge on any atom is -0.493 e. The predicted octanol–water partition coefficient (Wildman–Crippen LogP) is 2.30. The third-order valence-electron chi connectivity index (χ3n) is 3.73. The number of primary amides is 1. The largest absolute Gasteiger partial charge is 0.493 e. The quantitative estimate of drug-likeness (QED) is 0.627. The van der Waals surface area contributed by atoms with Gasteiger partial charge in [-0.05, 0) is 48.4 Å². The fraction of sp³-hybridized carbons (Fsp3) is 0.263. The number of methoxy groups -OCH3 is 2. The summed E-state index contributed by atoms with van der Waals surface area (Å²) in [7, 11) is 3.16. The van der Waals surface area contributed by atoms with Crippen LogP contribution in [0.1, 0.15) is 15.9 Å². The summed E-state index contributed by atoms with van der Waals surface area (Å²) in [6.07, 6.45) is 0.618. The summed E-state index contributed by atoms with van der Waals surface area (Å²) in [4.78, 5) is 22.9. The summed E-state index contributed by atoms with van der Waals surface area (Å²) in [5.41, 5.74) is 6.50. The van der Waals surface area contributed by atoms with E-state index < -0.39 is 5.91 Å². The molecule has 0 aliphatic carbocycles. The molecule has 0 saturated carbocycles. The van der Waals surface area contributed by atoms with Gasteiger partial charge in [-0.1, -0.05) is 15.9 Å². The van der Waals surface area contributed by atoms with E-state index in [2.05, 4.69) is 21.2 Å². The highest BCUT2D eigenvalue weighted by molar-refractivity contribution is 9.10. The number of halogens is 1. The van der Waals surface area contributed by atoms with Gasteiger partial charge in [0.1, 0.15) is 5.75 Å². The summed E-state index contributed by atoms with van der Waals surface area (Å²) < 4.78 is 16.6. The molecular weight excluding hydrogens is 416 g/mol. The number of ether oxygens (including phenoxy) is 3. The summed E-state index contributed by atoms with van der Waals surface area (Å²) in [6.45, 7) is 0.249. The lowest BCUT2D eigenvalue weighted by atomic mass is 10.1. The van der Waals surface area contributed by atoms with Crippen molar-refractivity contribution in [3.63, 3.8) is 0 Å². The molecule has 8 heteroatoms. The smallest absolute Gasteiger partial charge is 0.255 e. The van der Waals surface area contributed by atoms with Gasteiger partial charge in [0.25, 0.3) is 11.8 Å². The topological polar surface area (TPSA) is 99.9 Å². The zero-order valence-electron chi connectivity index (χ0n) is 15.1. The first-order valence-electron chi connectivity index (χ1n) is 8.14. The van der Waals surface area contributed by atoms with Crippen LogP contribution >= 0.6 is 15.9 Å². The maximum atomic E-state index is 12.2. The van der Waals surface area contributed by atoms with Gasteiger partial charge in [0.2, 0.25) is 0 Å². The molecule has 27 heavy (non-hydrogen) atoms. The minimum absolute atomic E-state index is 0.201. The number of nitrogens with one attached hydrogen (secondary N) is 1. The van der Waals surface area contributed by atoms with Crippen LogP contribution < -0.4 is 25.3 Å². The van der Waals surface area contributed by atoms with Crippen LogP contribution in [0.25, 0.3) is 0 Å². The van der Waals surface area contributed by atoms with E-state index in [1.807, 2.05) is 12.1 Å². The number of amides is 2. The molecule has 0 fully saturated rings. The lowest BCUT2D eigenvalue weighted by molar-refractivity contribution is -0.119. The molecule has 2 amide bonds. The van der Waals surface area contributed by atoms with Crippen LogP contribution in [0.4, 0.5) is 0 Å². The Kier molecular flexibility index (Phi) is 7.48. The van der Waals surface area contributed by atoms with E-state index in [9.17, 15) is 9.59 Å². The van der Waals surface area contributed by atoms with Gasteiger partial charge in [-0.25, -0.2) is 0 Å².